The summed E-state index contributed by atoms with van der Waals surface area (Å²) in [5, 5.41) is 0. The lowest BCUT2D eigenvalue weighted by molar-refractivity contribution is 0.0145. The molecule has 4 heteroatoms. The van der Waals surface area contributed by atoms with Crippen LogP contribution in [-0.4, -0.2) is 6.79 Å². The number of hydrogen-bond acceptors (Lipinski definition) is 4. The lowest BCUT2D eigenvalue weighted by atomic mass is 10.2. The summed E-state index contributed by atoms with van der Waals surface area (Å²) >= 11 is 0. The minimum absolute atomic E-state index is 0.0575. The molecule has 0 saturated carbocycles. The van der Waals surface area contributed by atoms with Crippen molar-refractivity contribution in [3.8, 4) is 5.75 Å². The fraction of sp³-hybridized carbons (Fsp3) is 0.250. The highest BCUT2D eigenvalue weighted by atomic mass is 16.7. The van der Waals surface area contributed by atoms with Crippen molar-refractivity contribution in [3.63, 3.8) is 0 Å². The van der Waals surface area contributed by atoms with Crippen LogP contribution >= 0.6 is 0 Å². The van der Waals surface area contributed by atoms with Crippen LogP contribution in [0.1, 0.15) is 5.56 Å². The first kappa shape index (κ1) is 8.99. The van der Waals surface area contributed by atoms with Crippen LogP contribution in [0, 0.1) is 0 Å². The van der Waals surface area contributed by atoms with Crippen molar-refractivity contribution in [1.82, 2.24) is 0 Å². The van der Waals surface area contributed by atoms with E-state index in [9.17, 15) is 0 Å². The van der Waals surface area contributed by atoms with Crippen LogP contribution in [0.4, 0.5) is 0 Å². The van der Waals surface area contributed by atoms with Gasteiger partial charge in [0.05, 0.1) is 0 Å². The molecule has 1 aromatic rings. The van der Waals surface area contributed by atoms with Crippen molar-refractivity contribution in [2.75, 3.05) is 6.79 Å². The topological polar surface area (TPSA) is 70.5 Å². The number of hydrogen-bond donors (Lipinski definition) is 2. The van der Waals surface area contributed by atoms with Gasteiger partial charge < -0.3 is 10.5 Å². The molecule has 1 aromatic carbocycles. The highest BCUT2D eigenvalue weighted by Crippen LogP contribution is 2.11. The summed E-state index contributed by atoms with van der Waals surface area (Å²) in [5.74, 6) is 5.51. The standard InChI is InChI=1S/C8H12N2O2/c9-5-7-1-3-8(4-2-7)11-6-12-10/h1-4H,5-6,9-10H2. The summed E-state index contributed by atoms with van der Waals surface area (Å²) < 4.78 is 5.07. The second kappa shape index (κ2) is 4.71. The van der Waals surface area contributed by atoms with Gasteiger partial charge in [0.2, 0.25) is 6.79 Å². The molecular weight excluding hydrogens is 156 g/mol. The first-order valence-electron chi connectivity index (χ1n) is 3.60. The van der Waals surface area contributed by atoms with Crippen molar-refractivity contribution in [2.45, 2.75) is 6.54 Å². The molecule has 1 rings (SSSR count). The van der Waals surface area contributed by atoms with E-state index in [1.54, 1.807) is 0 Å². The highest BCUT2D eigenvalue weighted by molar-refractivity contribution is 5.26. The van der Waals surface area contributed by atoms with Gasteiger partial charge in [-0.1, -0.05) is 12.1 Å². The van der Waals surface area contributed by atoms with Crippen molar-refractivity contribution in [2.24, 2.45) is 11.6 Å². The van der Waals surface area contributed by atoms with Gasteiger partial charge >= 0.3 is 0 Å². The van der Waals surface area contributed by atoms with Crippen molar-refractivity contribution in [1.29, 1.82) is 0 Å². The van der Waals surface area contributed by atoms with Crippen molar-refractivity contribution >= 4 is 0 Å². The third-order valence-electron chi connectivity index (χ3n) is 1.45. The zero-order chi connectivity index (χ0) is 8.81. The quantitative estimate of drug-likeness (QED) is 0.503. The molecule has 4 nitrogen and oxygen atoms in total. The Kier molecular flexibility index (Phi) is 3.53. The zero-order valence-electron chi connectivity index (χ0n) is 6.69. The molecule has 0 spiro atoms. The van der Waals surface area contributed by atoms with E-state index >= 15 is 0 Å². The molecule has 0 unspecified atom stereocenters. The molecule has 0 atom stereocenters. The fourth-order valence-electron chi connectivity index (χ4n) is 0.824. The van der Waals surface area contributed by atoms with Gasteiger partial charge in [0.1, 0.15) is 5.75 Å². The van der Waals surface area contributed by atoms with Gasteiger partial charge in [-0.3, -0.25) is 4.84 Å². The predicted octanol–water partition coefficient (Wildman–Crippen LogP) is 0.372. The lowest BCUT2D eigenvalue weighted by Gasteiger charge is -2.03. The Labute approximate surface area is 71.0 Å². The average molecular weight is 168 g/mol. The minimum atomic E-state index is 0.0575. The molecule has 12 heavy (non-hydrogen) atoms. The van der Waals surface area contributed by atoms with Crippen molar-refractivity contribution in [3.05, 3.63) is 29.8 Å². The van der Waals surface area contributed by atoms with Crippen LogP contribution in [0.3, 0.4) is 0 Å². The predicted molar refractivity (Wildman–Crippen MR) is 45.1 cm³/mol. The van der Waals surface area contributed by atoms with Gasteiger partial charge in [0.25, 0.3) is 0 Å². The van der Waals surface area contributed by atoms with Crippen LogP contribution in [0.5, 0.6) is 5.75 Å². The smallest absolute Gasteiger partial charge is 0.207 e. The Hall–Kier alpha value is -1.10. The van der Waals surface area contributed by atoms with Gasteiger partial charge in [0, 0.05) is 6.54 Å². The Morgan fingerprint density at radius 2 is 1.83 bits per heavy atom. The minimum Gasteiger partial charge on any atom is -0.466 e. The van der Waals surface area contributed by atoms with Gasteiger partial charge in [-0.05, 0) is 17.7 Å². The Balaban J connectivity index is 2.53. The van der Waals surface area contributed by atoms with E-state index in [1.165, 1.54) is 0 Å². The molecule has 66 valence electrons. The number of benzene rings is 1. The van der Waals surface area contributed by atoms with Crippen molar-refractivity contribution < 1.29 is 9.57 Å². The SMILES string of the molecule is NCc1ccc(OCON)cc1. The molecule has 0 aromatic heterocycles. The van der Waals surface area contributed by atoms with Crippen LogP contribution < -0.4 is 16.4 Å². The maximum Gasteiger partial charge on any atom is 0.207 e. The summed E-state index contributed by atoms with van der Waals surface area (Å²) in [6.07, 6.45) is 0. The zero-order valence-corrected chi connectivity index (χ0v) is 6.69. The van der Waals surface area contributed by atoms with E-state index in [0.717, 1.165) is 11.3 Å². The number of ether oxygens (including phenoxy) is 1. The van der Waals surface area contributed by atoms with Gasteiger partial charge in [-0.2, -0.15) is 0 Å². The summed E-state index contributed by atoms with van der Waals surface area (Å²) in [6, 6.07) is 7.43. The molecule has 0 amide bonds. The molecule has 0 fully saturated rings. The average Bonchev–Trinajstić information content (AvgIpc) is 2.15. The summed E-state index contributed by atoms with van der Waals surface area (Å²) in [5.41, 5.74) is 6.48. The molecule has 0 aliphatic carbocycles. The third-order valence-corrected chi connectivity index (χ3v) is 1.45. The van der Waals surface area contributed by atoms with Crippen LogP contribution in [0.25, 0.3) is 0 Å². The normalized spacial score (nSPS) is 9.83. The Bertz CT molecular complexity index is 223. The van der Waals surface area contributed by atoms with E-state index in [0.29, 0.717) is 6.54 Å². The summed E-state index contributed by atoms with van der Waals surface area (Å²) in [6.45, 7) is 0.593. The van der Waals surface area contributed by atoms with Gasteiger partial charge in [-0.15, -0.1) is 0 Å². The number of rotatable bonds is 4. The summed E-state index contributed by atoms with van der Waals surface area (Å²) in [4.78, 5) is 4.26. The largest absolute Gasteiger partial charge is 0.466 e. The van der Waals surface area contributed by atoms with E-state index < -0.39 is 0 Å². The van der Waals surface area contributed by atoms with Gasteiger partial charge in [0.15, 0.2) is 0 Å². The first-order chi connectivity index (χ1) is 5.86. The van der Waals surface area contributed by atoms with Crippen LogP contribution in [0.15, 0.2) is 24.3 Å². The first-order valence-corrected chi connectivity index (χ1v) is 3.60. The molecule has 0 saturated heterocycles. The molecule has 0 radical (unpaired) electrons. The monoisotopic (exact) mass is 168 g/mol. The van der Waals surface area contributed by atoms with E-state index in [4.69, 9.17) is 16.4 Å². The van der Waals surface area contributed by atoms with Gasteiger partial charge in [-0.25, -0.2) is 5.90 Å². The van der Waals surface area contributed by atoms with E-state index in [2.05, 4.69) is 4.84 Å². The molecular formula is C8H12N2O2. The Morgan fingerprint density at radius 3 is 2.33 bits per heavy atom. The highest BCUT2D eigenvalue weighted by Gasteiger charge is 1.92. The van der Waals surface area contributed by atoms with E-state index in [-0.39, 0.29) is 6.79 Å². The molecule has 4 N–H and O–H groups in total. The second-order valence-corrected chi connectivity index (χ2v) is 2.28. The fourth-order valence-corrected chi connectivity index (χ4v) is 0.824. The van der Waals surface area contributed by atoms with Crippen LogP contribution in [0.2, 0.25) is 0 Å². The van der Waals surface area contributed by atoms with E-state index in [1.807, 2.05) is 24.3 Å². The summed E-state index contributed by atoms with van der Waals surface area (Å²) in [7, 11) is 0. The van der Waals surface area contributed by atoms with Crippen LogP contribution in [-0.2, 0) is 11.4 Å². The number of nitrogens with two attached hydrogens (primary N) is 2. The molecule has 0 bridgehead atoms. The maximum atomic E-state index is 5.41. The lowest BCUT2D eigenvalue weighted by Crippen LogP contribution is -2.07. The third kappa shape index (κ3) is 2.50. The maximum absolute atomic E-state index is 5.41. The molecule has 0 aliphatic rings. The Morgan fingerprint density at radius 1 is 1.17 bits per heavy atom. The molecule has 0 aliphatic heterocycles. The molecule has 0 heterocycles. The second-order valence-electron chi connectivity index (χ2n) is 2.28.